The SMILES string of the molecule is C[C@@H]1CCCN1CCCOc1ccc(-n2c(OC(=O)NC3CCC3)cc3ccccc32)cc1. The van der Waals surface area contributed by atoms with E-state index in [-0.39, 0.29) is 6.04 Å². The van der Waals surface area contributed by atoms with Crippen molar-refractivity contribution in [3.63, 3.8) is 0 Å². The maximum Gasteiger partial charge on any atom is 0.414 e. The summed E-state index contributed by atoms with van der Waals surface area (Å²) in [5.41, 5.74) is 1.93. The van der Waals surface area contributed by atoms with Crippen LogP contribution < -0.4 is 14.8 Å². The van der Waals surface area contributed by atoms with E-state index in [1.807, 2.05) is 59.2 Å². The predicted molar refractivity (Wildman–Crippen MR) is 130 cm³/mol. The molecule has 6 nitrogen and oxygen atoms in total. The Labute approximate surface area is 195 Å². The number of para-hydroxylation sites is 1. The first-order chi connectivity index (χ1) is 16.2. The Morgan fingerprint density at radius 1 is 1.06 bits per heavy atom. The molecule has 1 aromatic heterocycles. The molecule has 1 aliphatic heterocycles. The zero-order valence-electron chi connectivity index (χ0n) is 19.3. The van der Waals surface area contributed by atoms with Crippen molar-refractivity contribution in [3.05, 3.63) is 54.6 Å². The second-order valence-corrected chi connectivity index (χ2v) is 9.26. The summed E-state index contributed by atoms with van der Waals surface area (Å²) in [7, 11) is 0. The fourth-order valence-corrected chi connectivity index (χ4v) is 4.79. The van der Waals surface area contributed by atoms with Crippen LogP contribution in [0.3, 0.4) is 0 Å². The fraction of sp³-hybridized carbons (Fsp3) is 0.444. The lowest BCUT2D eigenvalue weighted by atomic mass is 9.93. The maximum absolute atomic E-state index is 12.4. The lowest BCUT2D eigenvalue weighted by molar-refractivity contribution is 0.185. The van der Waals surface area contributed by atoms with Crippen molar-refractivity contribution in [2.24, 2.45) is 0 Å². The molecule has 0 spiro atoms. The maximum atomic E-state index is 12.4. The van der Waals surface area contributed by atoms with Gasteiger partial charge < -0.3 is 19.7 Å². The van der Waals surface area contributed by atoms with E-state index in [9.17, 15) is 4.79 Å². The van der Waals surface area contributed by atoms with E-state index in [0.717, 1.165) is 54.6 Å². The smallest absolute Gasteiger partial charge is 0.414 e. The number of carbonyl (C=O) groups is 1. The van der Waals surface area contributed by atoms with Crippen molar-refractivity contribution in [2.45, 2.75) is 57.5 Å². The number of likely N-dealkylation sites (tertiary alicyclic amines) is 1. The third kappa shape index (κ3) is 5.01. The summed E-state index contributed by atoms with van der Waals surface area (Å²) in [6.07, 6.45) is 6.47. The van der Waals surface area contributed by atoms with Gasteiger partial charge in [0.2, 0.25) is 5.88 Å². The van der Waals surface area contributed by atoms with Crippen molar-refractivity contribution < 1.29 is 14.3 Å². The van der Waals surface area contributed by atoms with Crippen LogP contribution in [-0.4, -0.2) is 47.3 Å². The molecule has 1 amide bonds. The van der Waals surface area contributed by atoms with E-state index >= 15 is 0 Å². The number of ether oxygens (including phenoxy) is 2. The van der Waals surface area contributed by atoms with Gasteiger partial charge in [0.05, 0.1) is 12.1 Å². The highest BCUT2D eigenvalue weighted by Crippen LogP contribution is 2.31. The molecule has 5 rings (SSSR count). The average molecular weight is 448 g/mol. The quantitative estimate of drug-likeness (QED) is 0.462. The fourth-order valence-electron chi connectivity index (χ4n) is 4.79. The van der Waals surface area contributed by atoms with Gasteiger partial charge in [-0.3, -0.25) is 4.57 Å². The van der Waals surface area contributed by atoms with Crippen LogP contribution in [0.2, 0.25) is 0 Å². The molecule has 1 saturated carbocycles. The van der Waals surface area contributed by atoms with Gasteiger partial charge in [0.1, 0.15) is 5.75 Å². The van der Waals surface area contributed by atoms with Gasteiger partial charge in [0.15, 0.2) is 0 Å². The summed E-state index contributed by atoms with van der Waals surface area (Å²) in [5, 5.41) is 3.98. The highest BCUT2D eigenvalue weighted by Gasteiger charge is 2.22. The number of hydrogen-bond donors (Lipinski definition) is 1. The molecular formula is C27H33N3O3. The Morgan fingerprint density at radius 2 is 1.88 bits per heavy atom. The average Bonchev–Trinajstić information content (AvgIpc) is 3.37. The molecule has 0 bridgehead atoms. The van der Waals surface area contributed by atoms with Gasteiger partial charge in [0.25, 0.3) is 0 Å². The number of aromatic nitrogens is 1. The zero-order valence-corrected chi connectivity index (χ0v) is 19.3. The zero-order chi connectivity index (χ0) is 22.6. The molecule has 3 aromatic rings. The number of amides is 1. The summed E-state index contributed by atoms with van der Waals surface area (Å²) in [6, 6.07) is 18.9. The van der Waals surface area contributed by atoms with Crippen molar-refractivity contribution in [3.8, 4) is 17.3 Å². The molecule has 2 fully saturated rings. The van der Waals surface area contributed by atoms with Crippen LogP contribution >= 0.6 is 0 Å². The van der Waals surface area contributed by atoms with Crippen LogP contribution in [0.15, 0.2) is 54.6 Å². The molecule has 2 aromatic carbocycles. The van der Waals surface area contributed by atoms with E-state index in [0.29, 0.717) is 18.5 Å². The monoisotopic (exact) mass is 447 g/mol. The minimum absolute atomic E-state index is 0.237. The molecule has 2 aliphatic rings. The predicted octanol–water partition coefficient (Wildman–Crippen LogP) is 5.52. The van der Waals surface area contributed by atoms with E-state index in [1.165, 1.54) is 19.4 Å². The second kappa shape index (κ2) is 9.87. The minimum Gasteiger partial charge on any atom is -0.494 e. The Bertz CT molecular complexity index is 1090. The molecule has 1 saturated heterocycles. The van der Waals surface area contributed by atoms with E-state index in [2.05, 4.69) is 17.1 Å². The van der Waals surface area contributed by atoms with E-state index < -0.39 is 6.09 Å². The summed E-state index contributed by atoms with van der Waals surface area (Å²) in [6.45, 7) is 5.33. The second-order valence-electron chi connectivity index (χ2n) is 9.26. The lowest BCUT2D eigenvalue weighted by Gasteiger charge is -2.25. The van der Waals surface area contributed by atoms with Crippen molar-refractivity contribution in [2.75, 3.05) is 19.7 Å². The number of hydrogen-bond acceptors (Lipinski definition) is 4. The minimum atomic E-state index is -0.393. The molecule has 1 atom stereocenters. The molecule has 6 heteroatoms. The molecule has 174 valence electrons. The van der Waals surface area contributed by atoms with Gasteiger partial charge in [-0.1, -0.05) is 18.2 Å². The van der Waals surface area contributed by atoms with Crippen LogP contribution in [0.4, 0.5) is 4.79 Å². The molecule has 0 radical (unpaired) electrons. The third-order valence-electron chi connectivity index (χ3n) is 6.95. The highest BCUT2D eigenvalue weighted by atomic mass is 16.6. The van der Waals surface area contributed by atoms with Gasteiger partial charge in [-0.25, -0.2) is 4.79 Å². The largest absolute Gasteiger partial charge is 0.494 e. The van der Waals surface area contributed by atoms with Crippen LogP contribution in [0.5, 0.6) is 11.6 Å². The summed E-state index contributed by atoms with van der Waals surface area (Å²) < 4.78 is 13.7. The molecule has 1 aliphatic carbocycles. The summed E-state index contributed by atoms with van der Waals surface area (Å²) in [5.74, 6) is 1.37. The first-order valence-corrected chi connectivity index (χ1v) is 12.2. The summed E-state index contributed by atoms with van der Waals surface area (Å²) >= 11 is 0. The van der Waals surface area contributed by atoms with Crippen LogP contribution in [0.25, 0.3) is 16.6 Å². The Balaban J connectivity index is 1.26. The van der Waals surface area contributed by atoms with E-state index in [4.69, 9.17) is 9.47 Å². The number of rotatable bonds is 8. The number of carbonyl (C=O) groups excluding carboxylic acids is 1. The van der Waals surface area contributed by atoms with Crippen molar-refractivity contribution >= 4 is 17.0 Å². The molecule has 33 heavy (non-hydrogen) atoms. The topological polar surface area (TPSA) is 55.7 Å². The van der Waals surface area contributed by atoms with E-state index in [1.54, 1.807) is 0 Å². The number of nitrogens with one attached hydrogen (secondary N) is 1. The number of fused-ring (bicyclic) bond motifs is 1. The van der Waals surface area contributed by atoms with Crippen molar-refractivity contribution in [1.82, 2.24) is 14.8 Å². The van der Waals surface area contributed by atoms with Crippen molar-refractivity contribution in [1.29, 1.82) is 0 Å². The third-order valence-corrected chi connectivity index (χ3v) is 6.95. The van der Waals surface area contributed by atoms with Gasteiger partial charge in [-0.15, -0.1) is 0 Å². The molecular weight excluding hydrogens is 414 g/mol. The van der Waals surface area contributed by atoms with Gasteiger partial charge in [0, 0.05) is 35.8 Å². The highest BCUT2D eigenvalue weighted by molar-refractivity contribution is 5.85. The first-order valence-electron chi connectivity index (χ1n) is 12.2. The van der Waals surface area contributed by atoms with Gasteiger partial charge in [-0.2, -0.15) is 0 Å². The Kier molecular flexibility index (Phi) is 6.53. The Hall–Kier alpha value is -2.99. The number of nitrogens with zero attached hydrogens (tertiary/aromatic N) is 2. The lowest BCUT2D eigenvalue weighted by Crippen LogP contribution is -2.41. The normalized spacial score (nSPS) is 18.9. The van der Waals surface area contributed by atoms with Gasteiger partial charge >= 0.3 is 6.09 Å². The standard InChI is InChI=1S/C27H33N3O3/c1-20-7-5-16-29(20)17-6-18-32-24-14-12-23(13-15-24)30-25-11-3-2-8-21(25)19-26(30)33-27(31)28-22-9-4-10-22/h2-3,8,11-15,19-20,22H,4-7,9-10,16-18H2,1H3,(H,28,31)/t20-/m1/s1. The van der Waals surface area contributed by atoms with Crippen LogP contribution in [0.1, 0.15) is 45.4 Å². The Morgan fingerprint density at radius 3 is 2.61 bits per heavy atom. The van der Waals surface area contributed by atoms with Crippen LogP contribution in [-0.2, 0) is 0 Å². The molecule has 2 heterocycles. The van der Waals surface area contributed by atoms with Gasteiger partial charge in [-0.05, 0) is 82.3 Å². The molecule has 1 N–H and O–H groups in total. The summed E-state index contributed by atoms with van der Waals surface area (Å²) in [4.78, 5) is 15.0. The number of benzene rings is 2. The van der Waals surface area contributed by atoms with Crippen LogP contribution in [0, 0.1) is 0 Å². The first kappa shape index (κ1) is 21.8. The molecule has 0 unspecified atom stereocenters.